The van der Waals surface area contributed by atoms with Crippen molar-refractivity contribution in [1.82, 2.24) is 14.7 Å². The minimum Gasteiger partial charge on any atom is -0.508 e. The van der Waals surface area contributed by atoms with Gasteiger partial charge in [0.15, 0.2) is 0 Å². The molecule has 33 heavy (non-hydrogen) atoms. The molecule has 1 unspecified atom stereocenters. The van der Waals surface area contributed by atoms with Gasteiger partial charge >= 0.3 is 0 Å². The van der Waals surface area contributed by atoms with E-state index >= 15 is 0 Å². The first-order chi connectivity index (χ1) is 15.9. The van der Waals surface area contributed by atoms with E-state index in [4.69, 9.17) is 0 Å². The van der Waals surface area contributed by atoms with Crippen molar-refractivity contribution in [1.29, 1.82) is 0 Å². The molecule has 2 aromatic carbocycles. The summed E-state index contributed by atoms with van der Waals surface area (Å²) in [4.78, 5) is 19.7. The molecule has 0 aliphatic carbocycles. The van der Waals surface area contributed by atoms with Crippen molar-refractivity contribution in [3.63, 3.8) is 0 Å². The molecule has 1 N–H and O–H groups in total. The van der Waals surface area contributed by atoms with Crippen LogP contribution in [-0.2, 0) is 0 Å². The van der Waals surface area contributed by atoms with Crippen molar-refractivity contribution in [2.45, 2.75) is 52.7 Å². The van der Waals surface area contributed by atoms with Gasteiger partial charge in [0.2, 0.25) is 0 Å². The fraction of sp³-hybridized carbons (Fsp3) is 0.464. The average Bonchev–Trinajstić information content (AvgIpc) is 2.80. The summed E-state index contributed by atoms with van der Waals surface area (Å²) < 4.78 is 0. The summed E-state index contributed by atoms with van der Waals surface area (Å²) in [6, 6.07) is 16.5. The van der Waals surface area contributed by atoms with Crippen LogP contribution in [0.1, 0.15) is 62.1 Å². The Morgan fingerprint density at radius 3 is 2.24 bits per heavy atom. The zero-order chi connectivity index (χ0) is 24.0. The molecule has 3 atom stereocenters. The Bertz CT molecular complexity index is 924. The Hall–Kier alpha value is -2.63. The molecule has 1 fully saturated rings. The summed E-state index contributed by atoms with van der Waals surface area (Å²) in [5.41, 5.74) is 2.92. The zero-order valence-electron chi connectivity index (χ0n) is 20.7. The van der Waals surface area contributed by atoms with Gasteiger partial charge in [-0.15, -0.1) is 0 Å². The summed E-state index contributed by atoms with van der Waals surface area (Å²) in [7, 11) is 0. The summed E-state index contributed by atoms with van der Waals surface area (Å²) in [6.45, 7) is 14.9. The molecule has 5 heteroatoms. The minimum absolute atomic E-state index is 0.0171. The van der Waals surface area contributed by atoms with Crippen molar-refractivity contribution < 1.29 is 9.90 Å². The Morgan fingerprint density at radius 2 is 1.70 bits per heavy atom. The third kappa shape index (κ3) is 5.84. The number of aromatic hydroxyl groups is 1. The van der Waals surface area contributed by atoms with Crippen LogP contribution in [-0.4, -0.2) is 70.5 Å². The molecule has 0 aromatic heterocycles. The van der Waals surface area contributed by atoms with Crippen molar-refractivity contribution in [2.75, 3.05) is 32.7 Å². The second kappa shape index (κ2) is 11.5. The van der Waals surface area contributed by atoms with Crippen LogP contribution in [0, 0.1) is 0 Å². The van der Waals surface area contributed by atoms with E-state index < -0.39 is 0 Å². The lowest BCUT2D eigenvalue weighted by Gasteiger charge is -2.47. The Labute approximate surface area is 199 Å². The summed E-state index contributed by atoms with van der Waals surface area (Å²) >= 11 is 0. The largest absolute Gasteiger partial charge is 0.508 e. The zero-order valence-corrected chi connectivity index (χ0v) is 20.7. The number of piperazine rings is 1. The highest BCUT2D eigenvalue weighted by Crippen LogP contribution is 2.33. The molecular formula is C28H39N3O2. The average molecular weight is 450 g/mol. The number of carbonyl (C=O) groups excluding carboxylic acids is 1. The summed E-state index contributed by atoms with van der Waals surface area (Å²) in [6.07, 6.45) is 4.34. The lowest BCUT2D eigenvalue weighted by Crippen LogP contribution is -2.57. The van der Waals surface area contributed by atoms with E-state index in [1.165, 1.54) is 0 Å². The van der Waals surface area contributed by atoms with Crippen LogP contribution in [0.2, 0.25) is 0 Å². The second-order valence-electron chi connectivity index (χ2n) is 9.01. The highest BCUT2D eigenvalue weighted by Gasteiger charge is 2.33. The molecule has 1 saturated heterocycles. The van der Waals surface area contributed by atoms with Gasteiger partial charge in [-0.1, -0.05) is 36.4 Å². The van der Waals surface area contributed by atoms with Gasteiger partial charge < -0.3 is 10.0 Å². The maximum absolute atomic E-state index is 12.8. The maximum Gasteiger partial charge on any atom is 0.253 e. The van der Waals surface area contributed by atoms with E-state index in [9.17, 15) is 9.90 Å². The number of hydrogen-bond acceptors (Lipinski definition) is 4. The first kappa shape index (κ1) is 25.0. The van der Waals surface area contributed by atoms with Gasteiger partial charge in [0.05, 0.1) is 6.04 Å². The van der Waals surface area contributed by atoms with Gasteiger partial charge in [0, 0.05) is 50.4 Å². The molecule has 5 nitrogen and oxygen atoms in total. The number of amides is 1. The van der Waals surface area contributed by atoms with E-state index in [0.717, 1.165) is 36.3 Å². The van der Waals surface area contributed by atoms with E-state index in [1.54, 1.807) is 6.07 Å². The molecule has 1 heterocycles. The van der Waals surface area contributed by atoms with Gasteiger partial charge in [-0.25, -0.2) is 0 Å². The molecule has 1 aliphatic heterocycles. The first-order valence-electron chi connectivity index (χ1n) is 12.2. The second-order valence-corrected chi connectivity index (χ2v) is 9.01. The normalized spacial score (nSPS) is 20.8. The number of nitrogens with zero attached hydrogens (tertiary/aromatic N) is 3. The van der Waals surface area contributed by atoms with E-state index in [2.05, 4.69) is 60.9 Å². The van der Waals surface area contributed by atoms with E-state index in [-0.39, 0.29) is 17.7 Å². The Kier molecular flexibility index (Phi) is 8.70. The van der Waals surface area contributed by atoms with Crippen LogP contribution < -0.4 is 0 Å². The number of benzene rings is 2. The number of rotatable bonds is 8. The van der Waals surface area contributed by atoms with Crippen LogP contribution in [0.3, 0.4) is 0 Å². The molecule has 0 radical (unpaired) electrons. The number of allylic oxidation sites excluding steroid dienone is 1. The highest BCUT2D eigenvalue weighted by molar-refractivity contribution is 5.94. The third-order valence-electron chi connectivity index (χ3n) is 6.76. The predicted octanol–water partition coefficient (Wildman–Crippen LogP) is 4.93. The number of carbonyl (C=O) groups is 1. The standard InChI is InChI=1S/C28H39N3O2/c1-6-9-17-31-21(4)19-30(20-22(31)5)27(25-11-10-12-26(32)18-25)23-13-15-24(16-14-23)28(33)29(7-2)8-3/h6,9-16,18,21-22,27,32H,7-8,17,19-20H2,1-5H3/b9-6-/t21-,22+,27?. The lowest BCUT2D eigenvalue weighted by atomic mass is 9.93. The SMILES string of the molecule is C/C=C\CN1[C@H](C)CN(C(c2ccc(C(=O)N(CC)CC)cc2)c2cccc(O)c2)C[C@@H]1C. The Morgan fingerprint density at radius 1 is 1.06 bits per heavy atom. The fourth-order valence-corrected chi connectivity index (χ4v) is 5.01. The topological polar surface area (TPSA) is 47.0 Å². The third-order valence-corrected chi connectivity index (χ3v) is 6.76. The maximum atomic E-state index is 12.8. The van der Waals surface area contributed by atoms with Crippen LogP contribution >= 0.6 is 0 Å². The predicted molar refractivity (Wildman–Crippen MR) is 136 cm³/mol. The van der Waals surface area contributed by atoms with E-state index in [0.29, 0.717) is 25.2 Å². The summed E-state index contributed by atoms with van der Waals surface area (Å²) in [5, 5.41) is 10.2. The minimum atomic E-state index is 0.0171. The molecule has 0 spiro atoms. The quantitative estimate of drug-likeness (QED) is 0.580. The summed E-state index contributed by atoms with van der Waals surface area (Å²) in [5.74, 6) is 0.346. The first-order valence-corrected chi connectivity index (χ1v) is 12.2. The molecule has 0 bridgehead atoms. The smallest absolute Gasteiger partial charge is 0.253 e. The van der Waals surface area contributed by atoms with E-state index in [1.807, 2.05) is 43.0 Å². The van der Waals surface area contributed by atoms with Crippen LogP contribution in [0.4, 0.5) is 0 Å². The lowest BCUT2D eigenvalue weighted by molar-refractivity contribution is 0.0322. The monoisotopic (exact) mass is 449 g/mol. The number of phenols is 1. The van der Waals surface area contributed by atoms with Crippen molar-refractivity contribution in [3.05, 3.63) is 77.4 Å². The van der Waals surface area contributed by atoms with Crippen LogP contribution in [0.25, 0.3) is 0 Å². The Balaban J connectivity index is 1.93. The fourth-order valence-electron chi connectivity index (χ4n) is 5.01. The highest BCUT2D eigenvalue weighted by atomic mass is 16.3. The van der Waals surface area contributed by atoms with Crippen molar-refractivity contribution in [3.8, 4) is 5.75 Å². The number of hydrogen-bond donors (Lipinski definition) is 1. The molecule has 1 amide bonds. The molecule has 0 saturated carbocycles. The van der Waals surface area contributed by atoms with Crippen LogP contribution in [0.5, 0.6) is 5.75 Å². The van der Waals surface area contributed by atoms with Gasteiger partial charge in [-0.05, 0) is 70.0 Å². The van der Waals surface area contributed by atoms with Gasteiger partial charge in [-0.3, -0.25) is 14.6 Å². The number of phenolic OH excluding ortho intramolecular Hbond substituents is 1. The van der Waals surface area contributed by atoms with Gasteiger partial charge in [-0.2, -0.15) is 0 Å². The molecule has 178 valence electrons. The molecular weight excluding hydrogens is 410 g/mol. The van der Waals surface area contributed by atoms with Crippen molar-refractivity contribution >= 4 is 5.91 Å². The molecule has 2 aromatic rings. The van der Waals surface area contributed by atoms with Gasteiger partial charge in [0.1, 0.15) is 5.75 Å². The van der Waals surface area contributed by atoms with Gasteiger partial charge in [0.25, 0.3) is 5.91 Å². The van der Waals surface area contributed by atoms with Crippen LogP contribution in [0.15, 0.2) is 60.7 Å². The molecule has 3 rings (SSSR count). The molecule has 1 aliphatic rings. The van der Waals surface area contributed by atoms with Crippen molar-refractivity contribution in [2.24, 2.45) is 0 Å².